The van der Waals surface area contributed by atoms with Gasteiger partial charge >= 0.3 is 6.09 Å². The van der Waals surface area contributed by atoms with E-state index in [9.17, 15) is 4.79 Å². The summed E-state index contributed by atoms with van der Waals surface area (Å²) in [5, 5.41) is 2.78. The Kier molecular flexibility index (Phi) is 5.38. The van der Waals surface area contributed by atoms with Gasteiger partial charge in [0.25, 0.3) is 0 Å². The average Bonchev–Trinajstić information content (AvgIpc) is 2.27. The normalized spacial score (nSPS) is 12.9. The molecule has 1 aromatic carbocycles. The summed E-state index contributed by atoms with van der Waals surface area (Å²) in [6.07, 6.45) is -0.459. The molecule has 0 aromatic heterocycles. The van der Waals surface area contributed by atoms with Crippen LogP contribution in [0.1, 0.15) is 37.9 Å². The molecule has 0 spiro atoms. The topological polar surface area (TPSA) is 64.3 Å². The van der Waals surface area contributed by atoms with Crippen LogP contribution in [-0.2, 0) is 4.74 Å². The summed E-state index contributed by atoms with van der Waals surface area (Å²) in [6.45, 7) is 7.80. The highest BCUT2D eigenvalue weighted by Gasteiger charge is 2.20. The predicted molar refractivity (Wildman–Crippen MR) is 80.0 cm³/mol. The van der Waals surface area contributed by atoms with Crippen molar-refractivity contribution in [2.75, 3.05) is 6.54 Å². The Balaban J connectivity index is 2.78. The van der Waals surface area contributed by atoms with E-state index in [1.54, 1.807) is 0 Å². The lowest BCUT2D eigenvalue weighted by Crippen LogP contribution is -2.37. The lowest BCUT2D eigenvalue weighted by molar-refractivity contribution is 0.0505. The number of alkyl carbamates (subject to hydrolysis) is 1. The average molecular weight is 329 g/mol. The first-order chi connectivity index (χ1) is 8.73. The molecule has 106 valence electrons. The summed E-state index contributed by atoms with van der Waals surface area (Å²) in [5.74, 6) is 0. The molecule has 1 amide bonds. The molecule has 19 heavy (non-hydrogen) atoms. The Bertz CT molecular complexity index is 455. The molecule has 1 atom stereocenters. The van der Waals surface area contributed by atoms with Crippen LogP contribution in [0.4, 0.5) is 4.79 Å². The maximum Gasteiger partial charge on any atom is 0.408 e. The van der Waals surface area contributed by atoms with E-state index in [0.29, 0.717) is 6.54 Å². The Morgan fingerprint density at radius 2 is 2.11 bits per heavy atom. The fourth-order valence-corrected chi connectivity index (χ4v) is 1.95. The lowest BCUT2D eigenvalue weighted by Gasteiger charge is -2.23. The first kappa shape index (κ1) is 16.0. The van der Waals surface area contributed by atoms with Gasteiger partial charge in [0.05, 0.1) is 6.04 Å². The molecule has 1 aromatic rings. The third-order valence-corrected chi connectivity index (χ3v) is 3.38. The van der Waals surface area contributed by atoms with Gasteiger partial charge in [-0.2, -0.15) is 0 Å². The van der Waals surface area contributed by atoms with E-state index >= 15 is 0 Å². The summed E-state index contributed by atoms with van der Waals surface area (Å²) in [6, 6.07) is 5.64. The summed E-state index contributed by atoms with van der Waals surface area (Å²) >= 11 is 3.47. The van der Waals surface area contributed by atoms with Crippen LogP contribution in [0.15, 0.2) is 22.7 Å². The van der Waals surface area contributed by atoms with E-state index in [0.717, 1.165) is 15.6 Å². The molecule has 0 bridgehead atoms. The van der Waals surface area contributed by atoms with Gasteiger partial charge in [0.15, 0.2) is 0 Å². The SMILES string of the molecule is Cc1ccc(C(CN)NC(=O)OC(C)(C)C)cc1Br. The Hall–Kier alpha value is -1.07. The van der Waals surface area contributed by atoms with E-state index in [1.165, 1.54) is 0 Å². The molecule has 1 rings (SSSR count). The number of rotatable bonds is 3. The van der Waals surface area contributed by atoms with Gasteiger partial charge in [-0.1, -0.05) is 28.1 Å². The molecule has 0 radical (unpaired) electrons. The largest absolute Gasteiger partial charge is 0.444 e. The van der Waals surface area contributed by atoms with Crippen LogP contribution < -0.4 is 11.1 Å². The van der Waals surface area contributed by atoms with Crippen LogP contribution in [0.25, 0.3) is 0 Å². The van der Waals surface area contributed by atoms with Crippen molar-refractivity contribution in [1.29, 1.82) is 0 Å². The first-order valence-electron chi connectivity index (χ1n) is 6.18. The number of hydrogen-bond donors (Lipinski definition) is 2. The first-order valence-corrected chi connectivity index (χ1v) is 6.98. The van der Waals surface area contributed by atoms with Crippen molar-refractivity contribution in [2.45, 2.75) is 39.3 Å². The maximum atomic E-state index is 11.8. The molecular weight excluding hydrogens is 308 g/mol. The number of amides is 1. The monoisotopic (exact) mass is 328 g/mol. The van der Waals surface area contributed by atoms with E-state index < -0.39 is 11.7 Å². The molecule has 0 aliphatic rings. The second-order valence-corrected chi connectivity index (χ2v) is 6.30. The second-order valence-electron chi connectivity index (χ2n) is 5.44. The molecule has 4 nitrogen and oxygen atoms in total. The quantitative estimate of drug-likeness (QED) is 0.894. The van der Waals surface area contributed by atoms with Gasteiger partial charge in [-0.15, -0.1) is 0 Å². The van der Waals surface area contributed by atoms with E-state index in [4.69, 9.17) is 10.5 Å². The molecule has 0 saturated carbocycles. The Morgan fingerprint density at radius 3 is 2.58 bits per heavy atom. The number of nitrogens with two attached hydrogens (primary N) is 1. The highest BCUT2D eigenvalue weighted by atomic mass is 79.9. The molecular formula is C14H21BrN2O2. The van der Waals surface area contributed by atoms with Gasteiger partial charge < -0.3 is 15.8 Å². The zero-order valence-electron chi connectivity index (χ0n) is 11.8. The number of hydrogen-bond acceptors (Lipinski definition) is 3. The van der Waals surface area contributed by atoms with Crippen molar-refractivity contribution in [1.82, 2.24) is 5.32 Å². The van der Waals surface area contributed by atoms with Crippen molar-refractivity contribution >= 4 is 22.0 Å². The number of carbonyl (C=O) groups excluding carboxylic acids is 1. The fourth-order valence-electron chi connectivity index (χ4n) is 1.55. The van der Waals surface area contributed by atoms with Crippen molar-refractivity contribution in [3.8, 4) is 0 Å². The lowest BCUT2D eigenvalue weighted by atomic mass is 10.1. The second kappa shape index (κ2) is 6.39. The molecule has 0 fully saturated rings. The predicted octanol–water partition coefficient (Wildman–Crippen LogP) is 3.28. The highest BCUT2D eigenvalue weighted by Crippen LogP contribution is 2.22. The van der Waals surface area contributed by atoms with Crippen LogP contribution in [0.2, 0.25) is 0 Å². The molecule has 5 heteroatoms. The minimum absolute atomic E-state index is 0.258. The number of halogens is 1. The van der Waals surface area contributed by atoms with Crippen molar-refractivity contribution in [3.05, 3.63) is 33.8 Å². The van der Waals surface area contributed by atoms with E-state index in [2.05, 4.69) is 21.2 Å². The standard InChI is InChI=1S/C14H21BrN2O2/c1-9-5-6-10(7-11(9)15)12(8-16)17-13(18)19-14(2,3)4/h5-7,12H,8,16H2,1-4H3,(H,17,18). The third-order valence-electron chi connectivity index (χ3n) is 2.52. The smallest absolute Gasteiger partial charge is 0.408 e. The fraction of sp³-hybridized carbons (Fsp3) is 0.500. The third kappa shape index (κ3) is 5.20. The van der Waals surface area contributed by atoms with Crippen LogP contribution >= 0.6 is 15.9 Å². The maximum absolute atomic E-state index is 11.8. The summed E-state index contributed by atoms with van der Waals surface area (Å²) in [7, 11) is 0. The van der Waals surface area contributed by atoms with Crippen LogP contribution in [0.3, 0.4) is 0 Å². The van der Waals surface area contributed by atoms with Crippen LogP contribution in [-0.4, -0.2) is 18.2 Å². The van der Waals surface area contributed by atoms with Gasteiger partial charge in [-0.05, 0) is 44.9 Å². The number of benzene rings is 1. The number of aryl methyl sites for hydroxylation is 1. The van der Waals surface area contributed by atoms with Gasteiger partial charge in [-0.3, -0.25) is 0 Å². The minimum Gasteiger partial charge on any atom is -0.444 e. The summed E-state index contributed by atoms with van der Waals surface area (Å²) < 4.78 is 6.22. The van der Waals surface area contributed by atoms with Crippen LogP contribution in [0, 0.1) is 6.92 Å². The summed E-state index contributed by atoms with van der Waals surface area (Å²) in [5.41, 5.74) is 7.29. The van der Waals surface area contributed by atoms with Gasteiger partial charge in [0, 0.05) is 11.0 Å². The molecule has 0 aliphatic carbocycles. The Labute approximate surface area is 122 Å². The van der Waals surface area contributed by atoms with Crippen LogP contribution in [0.5, 0.6) is 0 Å². The molecule has 0 saturated heterocycles. The molecule has 0 aliphatic heterocycles. The number of nitrogens with one attached hydrogen (secondary N) is 1. The van der Waals surface area contributed by atoms with E-state index in [-0.39, 0.29) is 6.04 Å². The van der Waals surface area contributed by atoms with E-state index in [1.807, 2.05) is 45.9 Å². The van der Waals surface area contributed by atoms with Gasteiger partial charge in [-0.25, -0.2) is 4.79 Å². The zero-order chi connectivity index (χ0) is 14.6. The highest BCUT2D eigenvalue weighted by molar-refractivity contribution is 9.10. The minimum atomic E-state index is -0.517. The van der Waals surface area contributed by atoms with Crippen molar-refractivity contribution in [3.63, 3.8) is 0 Å². The van der Waals surface area contributed by atoms with Gasteiger partial charge in [0.1, 0.15) is 5.60 Å². The zero-order valence-corrected chi connectivity index (χ0v) is 13.4. The van der Waals surface area contributed by atoms with Crippen molar-refractivity contribution in [2.24, 2.45) is 5.73 Å². The molecule has 3 N–H and O–H groups in total. The number of ether oxygens (including phenoxy) is 1. The van der Waals surface area contributed by atoms with Gasteiger partial charge in [0.2, 0.25) is 0 Å². The molecule has 0 heterocycles. The van der Waals surface area contributed by atoms with Crippen molar-refractivity contribution < 1.29 is 9.53 Å². The number of carbonyl (C=O) groups is 1. The molecule has 1 unspecified atom stereocenters. The summed E-state index contributed by atoms with van der Waals surface area (Å²) in [4.78, 5) is 11.8. The Morgan fingerprint density at radius 1 is 1.47 bits per heavy atom.